The van der Waals surface area contributed by atoms with E-state index in [9.17, 15) is 4.79 Å². The molecule has 3 aromatic carbocycles. The summed E-state index contributed by atoms with van der Waals surface area (Å²) in [6.45, 7) is 2.81. The molecular formula is C27H25N3O2S. The van der Waals surface area contributed by atoms with Crippen molar-refractivity contribution in [2.24, 2.45) is 0 Å². The van der Waals surface area contributed by atoms with Gasteiger partial charge in [-0.2, -0.15) is 0 Å². The largest absolute Gasteiger partial charge is 0.497 e. The van der Waals surface area contributed by atoms with Gasteiger partial charge in [0.15, 0.2) is 5.16 Å². The van der Waals surface area contributed by atoms with E-state index in [2.05, 4.69) is 41.8 Å². The van der Waals surface area contributed by atoms with Crippen LogP contribution in [-0.2, 0) is 11.2 Å². The Kier molecular flexibility index (Phi) is 5.92. The molecule has 5 nitrogen and oxygen atoms in total. The lowest BCUT2D eigenvalue weighted by Crippen LogP contribution is -2.30. The van der Waals surface area contributed by atoms with Crippen molar-refractivity contribution in [1.29, 1.82) is 0 Å². The van der Waals surface area contributed by atoms with E-state index < -0.39 is 0 Å². The van der Waals surface area contributed by atoms with Crippen molar-refractivity contribution < 1.29 is 9.53 Å². The number of amides is 1. The van der Waals surface area contributed by atoms with Crippen LogP contribution >= 0.6 is 11.8 Å². The fourth-order valence-corrected chi connectivity index (χ4v) is 5.02. The average molecular weight is 456 g/mol. The number of para-hydroxylation sites is 1. The van der Waals surface area contributed by atoms with Crippen LogP contribution in [0, 0.1) is 6.92 Å². The Balaban J connectivity index is 1.44. The molecule has 5 rings (SSSR count). The Bertz CT molecular complexity index is 1280. The summed E-state index contributed by atoms with van der Waals surface area (Å²) in [6, 6.07) is 24.5. The maximum Gasteiger partial charge on any atom is 0.237 e. The van der Waals surface area contributed by atoms with E-state index in [-0.39, 0.29) is 5.91 Å². The van der Waals surface area contributed by atoms with E-state index in [1.807, 2.05) is 53.6 Å². The van der Waals surface area contributed by atoms with Gasteiger partial charge in [0.05, 0.1) is 24.8 Å². The first-order valence-corrected chi connectivity index (χ1v) is 11.9. The first kappa shape index (κ1) is 21.3. The van der Waals surface area contributed by atoms with Crippen molar-refractivity contribution in [2.45, 2.75) is 18.5 Å². The summed E-state index contributed by atoms with van der Waals surface area (Å²) < 4.78 is 7.43. The lowest BCUT2D eigenvalue weighted by molar-refractivity contribution is -0.116. The lowest BCUT2D eigenvalue weighted by atomic mass is 10.1. The summed E-state index contributed by atoms with van der Waals surface area (Å²) in [6.07, 6.45) is 2.78. The summed E-state index contributed by atoms with van der Waals surface area (Å²) in [5.74, 6) is 1.25. The van der Waals surface area contributed by atoms with Crippen molar-refractivity contribution in [2.75, 3.05) is 24.3 Å². The summed E-state index contributed by atoms with van der Waals surface area (Å²) in [7, 11) is 1.66. The Morgan fingerprint density at radius 2 is 1.79 bits per heavy atom. The number of methoxy groups -OCH3 is 1. The third kappa shape index (κ3) is 4.26. The molecule has 166 valence electrons. The third-order valence-electron chi connectivity index (χ3n) is 5.92. The van der Waals surface area contributed by atoms with Crippen molar-refractivity contribution >= 4 is 23.4 Å². The third-order valence-corrected chi connectivity index (χ3v) is 6.86. The second-order valence-corrected chi connectivity index (χ2v) is 8.98. The smallest absolute Gasteiger partial charge is 0.237 e. The number of ether oxygens (including phenoxy) is 1. The number of hydrogen-bond acceptors (Lipinski definition) is 4. The molecule has 0 atom stereocenters. The molecule has 0 radical (unpaired) electrons. The molecule has 0 unspecified atom stereocenters. The van der Waals surface area contributed by atoms with Gasteiger partial charge in [-0.05, 0) is 61.4 Å². The quantitative estimate of drug-likeness (QED) is 0.358. The van der Waals surface area contributed by atoms with Crippen LogP contribution in [0.4, 0.5) is 5.69 Å². The van der Waals surface area contributed by atoms with Gasteiger partial charge in [-0.15, -0.1) is 0 Å². The van der Waals surface area contributed by atoms with Crippen LogP contribution in [0.15, 0.2) is 84.1 Å². The lowest BCUT2D eigenvalue weighted by Gasteiger charge is -2.17. The number of thioether (sulfide) groups is 1. The number of rotatable bonds is 6. The maximum atomic E-state index is 13.1. The monoisotopic (exact) mass is 455 g/mol. The Morgan fingerprint density at radius 3 is 2.55 bits per heavy atom. The molecule has 0 spiro atoms. The average Bonchev–Trinajstić information content (AvgIpc) is 3.48. The molecule has 0 saturated carbocycles. The fraction of sp³-hybridized carbons (Fsp3) is 0.185. The number of aryl methyl sites for hydroxylation is 1. The number of nitrogens with zero attached hydrogens (tertiary/aromatic N) is 3. The minimum Gasteiger partial charge on any atom is -0.497 e. The van der Waals surface area contributed by atoms with E-state index in [0.717, 1.165) is 46.5 Å². The number of aromatic nitrogens is 2. The second-order valence-electron chi connectivity index (χ2n) is 8.04. The zero-order chi connectivity index (χ0) is 22.8. The van der Waals surface area contributed by atoms with E-state index in [1.165, 1.54) is 22.9 Å². The highest BCUT2D eigenvalue weighted by Crippen LogP contribution is 2.32. The summed E-state index contributed by atoms with van der Waals surface area (Å²) >= 11 is 1.47. The number of carbonyl (C=O) groups excluding carboxylic acids is 1. The SMILES string of the molecule is COc1ccc(-c2cnc(SCC(=O)N3CCc4ccccc43)n2-c2ccc(C)cc2)cc1. The van der Waals surface area contributed by atoms with Crippen molar-refractivity contribution in [1.82, 2.24) is 9.55 Å². The number of hydrogen-bond donors (Lipinski definition) is 0. The molecule has 0 fully saturated rings. The minimum atomic E-state index is 0.106. The van der Waals surface area contributed by atoms with E-state index in [0.29, 0.717) is 5.75 Å². The van der Waals surface area contributed by atoms with Crippen LogP contribution in [-0.4, -0.2) is 34.9 Å². The number of imidazole rings is 1. The van der Waals surface area contributed by atoms with Crippen LogP contribution in [0.2, 0.25) is 0 Å². The summed E-state index contributed by atoms with van der Waals surface area (Å²) in [5, 5.41) is 0.797. The molecule has 0 aliphatic carbocycles. The standard InChI is InChI=1S/C27H25N3O2S/c1-19-7-11-22(12-8-19)30-25(21-9-13-23(32-2)14-10-21)17-28-27(30)33-18-26(31)29-16-15-20-5-3-4-6-24(20)29/h3-14,17H,15-16,18H2,1-2H3. The van der Waals surface area contributed by atoms with Gasteiger partial charge in [0.1, 0.15) is 5.75 Å². The molecule has 1 amide bonds. The first-order chi connectivity index (χ1) is 16.1. The molecule has 1 aromatic heterocycles. The van der Waals surface area contributed by atoms with Gasteiger partial charge in [-0.1, -0.05) is 47.7 Å². The Morgan fingerprint density at radius 1 is 1.03 bits per heavy atom. The van der Waals surface area contributed by atoms with Gasteiger partial charge in [-0.25, -0.2) is 4.98 Å². The molecule has 33 heavy (non-hydrogen) atoms. The molecule has 0 bridgehead atoms. The minimum absolute atomic E-state index is 0.106. The Hall–Kier alpha value is -3.51. The van der Waals surface area contributed by atoms with Crippen LogP contribution in [0.25, 0.3) is 16.9 Å². The molecule has 4 aromatic rings. The van der Waals surface area contributed by atoms with Crippen molar-refractivity contribution in [3.8, 4) is 22.7 Å². The van der Waals surface area contributed by atoms with Crippen LogP contribution in [0.5, 0.6) is 5.75 Å². The van der Waals surface area contributed by atoms with Crippen LogP contribution < -0.4 is 9.64 Å². The van der Waals surface area contributed by atoms with Gasteiger partial charge in [0, 0.05) is 23.5 Å². The van der Waals surface area contributed by atoms with Crippen LogP contribution in [0.3, 0.4) is 0 Å². The molecule has 1 aliphatic heterocycles. The highest BCUT2D eigenvalue weighted by atomic mass is 32.2. The van der Waals surface area contributed by atoms with Gasteiger partial charge < -0.3 is 9.64 Å². The first-order valence-electron chi connectivity index (χ1n) is 10.9. The summed E-state index contributed by atoms with van der Waals surface area (Å²) in [4.78, 5) is 19.7. The van der Waals surface area contributed by atoms with Crippen LogP contribution in [0.1, 0.15) is 11.1 Å². The molecule has 2 heterocycles. The maximum absolute atomic E-state index is 13.1. The molecule has 1 aliphatic rings. The fourth-order valence-electron chi connectivity index (χ4n) is 4.15. The van der Waals surface area contributed by atoms with E-state index in [1.54, 1.807) is 7.11 Å². The van der Waals surface area contributed by atoms with Gasteiger partial charge >= 0.3 is 0 Å². The second kappa shape index (κ2) is 9.16. The van der Waals surface area contributed by atoms with Crippen molar-refractivity contribution in [3.05, 3.63) is 90.1 Å². The number of carbonyl (C=O) groups is 1. The Labute approximate surface area is 198 Å². The highest BCUT2D eigenvalue weighted by Gasteiger charge is 2.25. The van der Waals surface area contributed by atoms with Crippen molar-refractivity contribution in [3.63, 3.8) is 0 Å². The van der Waals surface area contributed by atoms with E-state index in [4.69, 9.17) is 9.72 Å². The molecular weight excluding hydrogens is 430 g/mol. The highest BCUT2D eigenvalue weighted by molar-refractivity contribution is 7.99. The van der Waals surface area contributed by atoms with E-state index >= 15 is 0 Å². The molecule has 6 heteroatoms. The zero-order valence-corrected chi connectivity index (χ0v) is 19.5. The predicted molar refractivity (Wildman–Crippen MR) is 134 cm³/mol. The number of fused-ring (bicyclic) bond motifs is 1. The van der Waals surface area contributed by atoms with Gasteiger partial charge in [-0.3, -0.25) is 9.36 Å². The number of anilines is 1. The van der Waals surface area contributed by atoms with Gasteiger partial charge in [0.2, 0.25) is 5.91 Å². The topological polar surface area (TPSA) is 47.4 Å². The molecule has 0 saturated heterocycles. The zero-order valence-electron chi connectivity index (χ0n) is 18.7. The predicted octanol–water partition coefficient (Wildman–Crippen LogP) is 5.54. The molecule has 0 N–H and O–H groups in total. The number of benzene rings is 3. The van der Waals surface area contributed by atoms with Gasteiger partial charge in [0.25, 0.3) is 0 Å². The summed E-state index contributed by atoms with van der Waals surface area (Å²) in [5.41, 5.74) is 6.49. The normalized spacial score (nSPS) is 12.6.